The van der Waals surface area contributed by atoms with Gasteiger partial charge in [-0.05, 0) is 36.8 Å². The minimum absolute atomic E-state index is 0.173. The van der Waals surface area contributed by atoms with Crippen LogP contribution in [0.3, 0.4) is 0 Å². The number of amides is 2. The quantitative estimate of drug-likeness (QED) is 0.943. The van der Waals surface area contributed by atoms with E-state index in [1.54, 1.807) is 12.1 Å². The van der Waals surface area contributed by atoms with Crippen LogP contribution in [-0.4, -0.2) is 18.4 Å². The van der Waals surface area contributed by atoms with Gasteiger partial charge in [0.25, 0.3) is 0 Å². The van der Waals surface area contributed by atoms with E-state index in [1.165, 1.54) is 30.0 Å². The standard InChI is InChI=1S/C17H17FN2O2/c1-12-6-3-4-9-16(12)19-17(22)11-20(13(2)21)15-8-5-7-14(18)10-15/h3-10H,11H2,1-2H3,(H,19,22). The van der Waals surface area contributed by atoms with Crippen LogP contribution in [0.4, 0.5) is 15.8 Å². The van der Waals surface area contributed by atoms with Crippen molar-refractivity contribution in [3.8, 4) is 0 Å². The Morgan fingerprint density at radius 2 is 1.86 bits per heavy atom. The summed E-state index contributed by atoms with van der Waals surface area (Å²) < 4.78 is 13.3. The van der Waals surface area contributed by atoms with Crippen molar-refractivity contribution >= 4 is 23.2 Å². The number of anilines is 2. The zero-order chi connectivity index (χ0) is 16.1. The van der Waals surface area contributed by atoms with Gasteiger partial charge in [-0.2, -0.15) is 0 Å². The maximum Gasteiger partial charge on any atom is 0.244 e. The number of halogens is 1. The number of carbonyl (C=O) groups excluding carboxylic acids is 2. The smallest absolute Gasteiger partial charge is 0.244 e. The summed E-state index contributed by atoms with van der Waals surface area (Å²) in [5.41, 5.74) is 1.97. The predicted molar refractivity (Wildman–Crippen MR) is 84.2 cm³/mol. The second-order valence-corrected chi connectivity index (χ2v) is 4.95. The lowest BCUT2D eigenvalue weighted by atomic mass is 10.2. The lowest BCUT2D eigenvalue weighted by Gasteiger charge is -2.21. The fourth-order valence-corrected chi connectivity index (χ4v) is 2.07. The summed E-state index contributed by atoms with van der Waals surface area (Å²) >= 11 is 0. The van der Waals surface area contributed by atoms with Gasteiger partial charge in [0.2, 0.25) is 11.8 Å². The lowest BCUT2D eigenvalue weighted by Crippen LogP contribution is -2.36. The first-order chi connectivity index (χ1) is 10.5. The highest BCUT2D eigenvalue weighted by atomic mass is 19.1. The van der Waals surface area contributed by atoms with Crippen LogP contribution in [0.5, 0.6) is 0 Å². The molecule has 0 atom stereocenters. The normalized spacial score (nSPS) is 10.1. The van der Waals surface area contributed by atoms with E-state index < -0.39 is 5.82 Å². The maximum atomic E-state index is 13.3. The third kappa shape index (κ3) is 3.91. The molecule has 2 aromatic carbocycles. The van der Waals surface area contributed by atoms with Gasteiger partial charge < -0.3 is 10.2 Å². The van der Waals surface area contributed by atoms with Crippen molar-refractivity contribution in [2.75, 3.05) is 16.8 Å². The first-order valence-electron chi connectivity index (χ1n) is 6.86. The number of rotatable bonds is 4. The topological polar surface area (TPSA) is 49.4 Å². The van der Waals surface area contributed by atoms with Gasteiger partial charge in [0.15, 0.2) is 0 Å². The zero-order valence-corrected chi connectivity index (χ0v) is 12.5. The highest BCUT2D eigenvalue weighted by Gasteiger charge is 2.16. The molecule has 0 bridgehead atoms. The summed E-state index contributed by atoms with van der Waals surface area (Å²) in [6, 6.07) is 13.0. The Morgan fingerprint density at radius 1 is 1.14 bits per heavy atom. The molecule has 2 rings (SSSR count). The van der Waals surface area contributed by atoms with E-state index >= 15 is 0 Å². The van der Waals surface area contributed by atoms with Gasteiger partial charge in [0.1, 0.15) is 12.4 Å². The summed E-state index contributed by atoms with van der Waals surface area (Å²) in [6.45, 7) is 3.05. The molecule has 2 amide bonds. The Bertz CT molecular complexity index is 701. The fourth-order valence-electron chi connectivity index (χ4n) is 2.07. The summed E-state index contributed by atoms with van der Waals surface area (Å²) in [7, 11) is 0. The minimum atomic E-state index is -0.455. The van der Waals surface area contributed by atoms with E-state index in [1.807, 2.05) is 25.1 Å². The molecule has 0 spiro atoms. The average molecular weight is 300 g/mol. The number of para-hydroxylation sites is 1. The molecule has 1 N–H and O–H groups in total. The van der Waals surface area contributed by atoms with Gasteiger partial charge in [-0.1, -0.05) is 24.3 Å². The Hall–Kier alpha value is -2.69. The minimum Gasteiger partial charge on any atom is -0.324 e. The molecule has 22 heavy (non-hydrogen) atoms. The van der Waals surface area contributed by atoms with E-state index in [2.05, 4.69) is 5.32 Å². The second kappa shape index (κ2) is 6.85. The highest BCUT2D eigenvalue weighted by molar-refractivity contribution is 6.02. The third-order valence-electron chi connectivity index (χ3n) is 3.22. The van der Waals surface area contributed by atoms with Crippen LogP contribution in [0.15, 0.2) is 48.5 Å². The number of carbonyl (C=O) groups is 2. The molecule has 0 saturated carbocycles. The molecule has 4 nitrogen and oxygen atoms in total. The van der Waals surface area contributed by atoms with Crippen LogP contribution in [0, 0.1) is 12.7 Å². The number of benzene rings is 2. The van der Waals surface area contributed by atoms with Crippen molar-refractivity contribution in [3.05, 3.63) is 59.9 Å². The fraction of sp³-hybridized carbons (Fsp3) is 0.176. The molecule has 0 saturated heterocycles. The summed E-state index contributed by atoms with van der Waals surface area (Å²) in [6.07, 6.45) is 0. The molecular formula is C17H17FN2O2. The molecule has 0 aliphatic carbocycles. The SMILES string of the molecule is CC(=O)N(CC(=O)Nc1ccccc1C)c1cccc(F)c1. The van der Waals surface area contributed by atoms with E-state index in [9.17, 15) is 14.0 Å². The van der Waals surface area contributed by atoms with Gasteiger partial charge in [0.05, 0.1) is 0 Å². The van der Waals surface area contributed by atoms with Crippen molar-refractivity contribution in [1.82, 2.24) is 0 Å². The molecule has 0 aliphatic rings. The molecule has 5 heteroatoms. The van der Waals surface area contributed by atoms with Crippen molar-refractivity contribution in [2.24, 2.45) is 0 Å². The lowest BCUT2D eigenvalue weighted by molar-refractivity contribution is -0.120. The van der Waals surface area contributed by atoms with E-state index in [0.29, 0.717) is 11.4 Å². The molecule has 0 fully saturated rings. The predicted octanol–water partition coefficient (Wildman–Crippen LogP) is 3.13. The number of nitrogens with zero attached hydrogens (tertiary/aromatic N) is 1. The van der Waals surface area contributed by atoms with Crippen LogP contribution >= 0.6 is 0 Å². The molecular weight excluding hydrogens is 283 g/mol. The van der Waals surface area contributed by atoms with Gasteiger partial charge in [0, 0.05) is 18.3 Å². The first kappa shape index (κ1) is 15.7. The van der Waals surface area contributed by atoms with E-state index in [0.717, 1.165) is 5.56 Å². The third-order valence-corrected chi connectivity index (χ3v) is 3.22. The Kier molecular flexibility index (Phi) is 4.88. The highest BCUT2D eigenvalue weighted by Crippen LogP contribution is 2.17. The number of aryl methyl sites for hydroxylation is 1. The Labute approximate surface area is 128 Å². The molecule has 114 valence electrons. The molecule has 0 radical (unpaired) electrons. The van der Waals surface area contributed by atoms with Crippen molar-refractivity contribution < 1.29 is 14.0 Å². The maximum absolute atomic E-state index is 13.3. The van der Waals surface area contributed by atoms with Gasteiger partial charge in [-0.15, -0.1) is 0 Å². The number of hydrogen-bond donors (Lipinski definition) is 1. The van der Waals surface area contributed by atoms with Crippen LogP contribution in [0.2, 0.25) is 0 Å². The van der Waals surface area contributed by atoms with Crippen molar-refractivity contribution in [3.63, 3.8) is 0 Å². The summed E-state index contributed by atoms with van der Waals surface area (Å²) in [4.78, 5) is 25.1. The van der Waals surface area contributed by atoms with Crippen LogP contribution in [0.1, 0.15) is 12.5 Å². The van der Waals surface area contributed by atoms with Gasteiger partial charge in [-0.25, -0.2) is 4.39 Å². The molecule has 0 unspecified atom stereocenters. The second-order valence-electron chi connectivity index (χ2n) is 4.95. The average Bonchev–Trinajstić information content (AvgIpc) is 2.47. The monoisotopic (exact) mass is 300 g/mol. The number of hydrogen-bond acceptors (Lipinski definition) is 2. The van der Waals surface area contributed by atoms with Crippen LogP contribution < -0.4 is 10.2 Å². The molecule has 0 heterocycles. The summed E-state index contributed by atoms with van der Waals surface area (Å²) in [5, 5.41) is 2.75. The largest absolute Gasteiger partial charge is 0.324 e. The van der Waals surface area contributed by atoms with Gasteiger partial charge in [-0.3, -0.25) is 9.59 Å². The number of nitrogens with one attached hydrogen (secondary N) is 1. The van der Waals surface area contributed by atoms with Crippen LogP contribution in [0.25, 0.3) is 0 Å². The molecule has 0 aromatic heterocycles. The van der Waals surface area contributed by atoms with Gasteiger partial charge >= 0.3 is 0 Å². The van der Waals surface area contributed by atoms with E-state index in [-0.39, 0.29) is 18.4 Å². The Balaban J connectivity index is 2.13. The Morgan fingerprint density at radius 3 is 2.50 bits per heavy atom. The van der Waals surface area contributed by atoms with E-state index in [4.69, 9.17) is 0 Å². The van der Waals surface area contributed by atoms with Crippen molar-refractivity contribution in [1.29, 1.82) is 0 Å². The van der Waals surface area contributed by atoms with Crippen LogP contribution in [-0.2, 0) is 9.59 Å². The molecule has 2 aromatic rings. The zero-order valence-electron chi connectivity index (χ0n) is 12.5. The first-order valence-corrected chi connectivity index (χ1v) is 6.86. The molecule has 0 aliphatic heterocycles. The summed E-state index contributed by atoms with van der Waals surface area (Å²) in [5.74, 6) is -1.12. The van der Waals surface area contributed by atoms with Crippen molar-refractivity contribution in [2.45, 2.75) is 13.8 Å².